The molecule has 0 saturated carbocycles. The minimum Gasteiger partial charge on any atom is -0.358 e. The van der Waals surface area contributed by atoms with Crippen molar-refractivity contribution in [3.05, 3.63) is 28.7 Å². The summed E-state index contributed by atoms with van der Waals surface area (Å²) in [6, 6.07) is 0. The SMILES string of the molecule is [CH2-]CC.[CH2-]CC.[CH3-].[CH3-].[Hf+4]. The molecule has 0 aromatic carbocycles. The molecule has 0 spiro atoms. The van der Waals surface area contributed by atoms with E-state index in [1.807, 2.05) is 13.8 Å². The first-order chi connectivity index (χ1) is 2.83. The van der Waals surface area contributed by atoms with Crippen LogP contribution in [0.5, 0.6) is 0 Å². The Kier molecular flexibility index (Phi) is 243. The average molecular weight is 295 g/mol. The maximum Gasteiger partial charge on any atom is 4.00 e. The average Bonchev–Trinajstić information content (AvgIpc) is 1.39. The van der Waals surface area contributed by atoms with E-state index in [1.165, 1.54) is 0 Å². The van der Waals surface area contributed by atoms with Crippen molar-refractivity contribution in [2.45, 2.75) is 26.7 Å². The van der Waals surface area contributed by atoms with Gasteiger partial charge in [-0.25, -0.2) is 0 Å². The van der Waals surface area contributed by atoms with Crippen molar-refractivity contribution in [3.8, 4) is 0 Å². The Labute approximate surface area is 81.2 Å². The van der Waals surface area contributed by atoms with Gasteiger partial charge in [-0.2, -0.15) is 12.8 Å². The summed E-state index contributed by atoms with van der Waals surface area (Å²) in [6.07, 6.45) is 2.00. The topological polar surface area (TPSA) is 0 Å². The fraction of sp³-hybridized carbons (Fsp3) is 0.500. The van der Waals surface area contributed by atoms with Crippen molar-refractivity contribution in [2.75, 3.05) is 0 Å². The first-order valence-corrected chi connectivity index (χ1v) is 2.41. The van der Waals surface area contributed by atoms with Gasteiger partial charge in [-0.1, -0.05) is 13.8 Å². The van der Waals surface area contributed by atoms with Gasteiger partial charge in [0.1, 0.15) is 0 Å². The van der Waals surface area contributed by atoms with E-state index in [9.17, 15) is 0 Å². The Morgan fingerprint density at radius 3 is 0.889 bits per heavy atom. The van der Waals surface area contributed by atoms with E-state index in [-0.39, 0.29) is 40.7 Å². The van der Waals surface area contributed by atoms with Gasteiger partial charge >= 0.3 is 25.8 Å². The van der Waals surface area contributed by atoms with Gasteiger partial charge in [-0.05, 0) is 0 Å². The van der Waals surface area contributed by atoms with Crippen molar-refractivity contribution < 1.29 is 25.8 Å². The van der Waals surface area contributed by atoms with E-state index in [1.54, 1.807) is 0 Å². The smallest absolute Gasteiger partial charge is 0.358 e. The molecule has 0 bridgehead atoms. The largest absolute Gasteiger partial charge is 4.00 e. The molecule has 0 heterocycles. The molecule has 0 rings (SSSR count). The fourth-order valence-electron chi connectivity index (χ4n) is 0. The van der Waals surface area contributed by atoms with Crippen molar-refractivity contribution in [3.63, 3.8) is 0 Å². The summed E-state index contributed by atoms with van der Waals surface area (Å²) < 4.78 is 0. The predicted molar refractivity (Wildman–Crippen MR) is 44.1 cm³/mol. The van der Waals surface area contributed by atoms with E-state index in [0.717, 1.165) is 12.8 Å². The molecule has 0 aliphatic heterocycles. The van der Waals surface area contributed by atoms with Gasteiger partial charge in [0.2, 0.25) is 0 Å². The minimum absolute atomic E-state index is 0. The van der Waals surface area contributed by atoms with E-state index in [2.05, 4.69) is 13.8 Å². The van der Waals surface area contributed by atoms with Gasteiger partial charge in [-0.15, -0.1) is 0 Å². The zero-order valence-corrected chi connectivity index (χ0v) is 10.9. The van der Waals surface area contributed by atoms with E-state index < -0.39 is 0 Å². The summed E-state index contributed by atoms with van der Waals surface area (Å²) in [5, 5.41) is 0. The molecule has 0 aromatic heterocycles. The van der Waals surface area contributed by atoms with Crippen LogP contribution in [0.1, 0.15) is 26.7 Å². The van der Waals surface area contributed by atoms with Crippen LogP contribution < -0.4 is 0 Å². The van der Waals surface area contributed by atoms with Gasteiger partial charge in [0.25, 0.3) is 0 Å². The van der Waals surface area contributed by atoms with Crippen molar-refractivity contribution >= 4 is 0 Å². The third-order valence-corrected chi connectivity index (χ3v) is 0. The number of hydrogen-bond donors (Lipinski definition) is 0. The van der Waals surface area contributed by atoms with Gasteiger partial charge in [-0.3, -0.25) is 0 Å². The fourth-order valence-corrected chi connectivity index (χ4v) is 0. The molecule has 0 N–H and O–H groups in total. The van der Waals surface area contributed by atoms with Crippen LogP contribution in [0.15, 0.2) is 0 Å². The zero-order chi connectivity index (χ0) is 5.41. The molecule has 0 atom stereocenters. The maximum atomic E-state index is 3.49. The molecular weight excluding hydrogens is 275 g/mol. The van der Waals surface area contributed by atoms with Crippen LogP contribution in [0, 0.1) is 28.7 Å². The Morgan fingerprint density at radius 2 is 0.889 bits per heavy atom. The van der Waals surface area contributed by atoms with Crippen LogP contribution in [-0.2, 0) is 25.8 Å². The first kappa shape index (κ1) is 32.7. The maximum absolute atomic E-state index is 3.49. The predicted octanol–water partition coefficient (Wildman–Crippen LogP) is 3.36. The second-order valence-electron chi connectivity index (χ2n) is 1.000. The Hall–Kier alpha value is 0.870. The van der Waals surface area contributed by atoms with E-state index >= 15 is 0 Å². The van der Waals surface area contributed by atoms with Gasteiger partial charge < -0.3 is 28.7 Å². The Balaban J connectivity index is -0.00000000889. The summed E-state index contributed by atoms with van der Waals surface area (Å²) in [6.45, 7) is 11.0. The normalized spacial score (nSPS) is 4.00. The summed E-state index contributed by atoms with van der Waals surface area (Å²) in [4.78, 5) is 0. The van der Waals surface area contributed by atoms with Crippen LogP contribution in [0.25, 0.3) is 0 Å². The van der Waals surface area contributed by atoms with E-state index in [4.69, 9.17) is 0 Å². The Morgan fingerprint density at radius 1 is 0.889 bits per heavy atom. The molecule has 0 unspecified atom stereocenters. The molecule has 0 amide bonds. The summed E-state index contributed by atoms with van der Waals surface area (Å²) >= 11 is 0. The zero-order valence-electron chi connectivity index (χ0n) is 7.33. The van der Waals surface area contributed by atoms with Crippen LogP contribution in [0.2, 0.25) is 0 Å². The molecular formula is C8H20Hf. The van der Waals surface area contributed by atoms with Crippen molar-refractivity contribution in [1.29, 1.82) is 0 Å². The summed E-state index contributed by atoms with van der Waals surface area (Å²) in [5.41, 5.74) is 0. The standard InChI is InChI=1S/2C3H7.2CH3.Hf/c2*1-3-2;;;/h2*1,3H2,2H3;2*1H3;/q4*-1;+4. The summed E-state index contributed by atoms with van der Waals surface area (Å²) in [7, 11) is 0. The second-order valence-corrected chi connectivity index (χ2v) is 1.000. The molecule has 0 radical (unpaired) electrons. The molecule has 0 fully saturated rings. The van der Waals surface area contributed by atoms with Gasteiger partial charge in [0, 0.05) is 0 Å². The third-order valence-electron chi connectivity index (χ3n) is 0. The quantitative estimate of drug-likeness (QED) is 0.475. The van der Waals surface area contributed by atoms with Crippen LogP contribution in [-0.4, -0.2) is 0 Å². The molecule has 0 saturated heterocycles. The third kappa shape index (κ3) is 553. The van der Waals surface area contributed by atoms with Gasteiger partial charge in [0.15, 0.2) is 0 Å². The van der Waals surface area contributed by atoms with E-state index in [0.29, 0.717) is 0 Å². The molecule has 0 aliphatic carbocycles. The molecule has 9 heavy (non-hydrogen) atoms. The van der Waals surface area contributed by atoms with Gasteiger partial charge in [0.05, 0.1) is 0 Å². The van der Waals surface area contributed by atoms with Crippen molar-refractivity contribution in [2.24, 2.45) is 0 Å². The number of rotatable bonds is 0. The van der Waals surface area contributed by atoms with Crippen molar-refractivity contribution in [1.82, 2.24) is 0 Å². The Bertz CT molecular complexity index is 6.53. The molecule has 56 valence electrons. The van der Waals surface area contributed by atoms with Crippen LogP contribution in [0.4, 0.5) is 0 Å². The molecule has 1 heteroatoms. The van der Waals surface area contributed by atoms with Crippen LogP contribution in [0.3, 0.4) is 0 Å². The first-order valence-electron chi connectivity index (χ1n) is 2.41. The monoisotopic (exact) mass is 296 g/mol. The molecule has 0 aliphatic rings. The minimum atomic E-state index is 0. The molecule has 0 aromatic rings. The molecule has 0 nitrogen and oxygen atoms in total. The second kappa shape index (κ2) is 66.7. The van der Waals surface area contributed by atoms with Crippen LogP contribution >= 0.6 is 0 Å². The summed E-state index contributed by atoms with van der Waals surface area (Å²) in [5.74, 6) is 0. The number of hydrogen-bond acceptors (Lipinski definition) is 0.